The van der Waals surface area contributed by atoms with E-state index in [-0.39, 0.29) is 0 Å². The molecule has 0 amide bonds. The fraction of sp³-hybridized carbons (Fsp3) is 0.200. The Bertz CT molecular complexity index is 207. The summed E-state index contributed by atoms with van der Waals surface area (Å²) in [4.78, 5) is 0. The van der Waals surface area contributed by atoms with Crippen LogP contribution >= 0.6 is 0 Å². The summed E-state index contributed by atoms with van der Waals surface area (Å²) in [5.74, 6) is 0.866. The summed E-state index contributed by atoms with van der Waals surface area (Å²) in [5, 5.41) is 0. The van der Waals surface area contributed by atoms with Crippen molar-refractivity contribution in [3.63, 3.8) is 0 Å². The lowest BCUT2D eigenvalue weighted by Crippen LogP contribution is -1.65. The molecular weight excluding hydrogens is 136 g/mol. The van der Waals surface area contributed by atoms with E-state index in [1.165, 1.54) is 0 Å². The van der Waals surface area contributed by atoms with E-state index in [9.17, 15) is 0 Å². The molecule has 0 aliphatic rings. The molecule has 1 aromatic heterocycles. The van der Waals surface area contributed by atoms with Crippen LogP contribution < -0.4 is 0 Å². The van der Waals surface area contributed by atoms with Gasteiger partial charge in [0.15, 0.2) is 0 Å². The van der Waals surface area contributed by atoms with E-state index < -0.39 is 0 Å². The Balaban J connectivity index is 0.000000292. The number of allylic oxidation sites excluding steroid dienone is 2. The molecule has 0 bridgehead atoms. The largest absolute Gasteiger partial charge is 0.465 e. The summed E-state index contributed by atoms with van der Waals surface area (Å²) in [6.07, 6.45) is 3.39. The van der Waals surface area contributed by atoms with Gasteiger partial charge in [0.25, 0.3) is 0 Å². The van der Waals surface area contributed by atoms with Crippen LogP contribution in [0.15, 0.2) is 42.0 Å². The van der Waals surface area contributed by atoms with Crippen LogP contribution in [-0.2, 0) is 0 Å². The van der Waals surface area contributed by atoms with Gasteiger partial charge in [0.2, 0.25) is 0 Å². The fourth-order valence-corrected chi connectivity index (χ4v) is 0.521. The van der Waals surface area contributed by atoms with Gasteiger partial charge in [0.05, 0.1) is 6.26 Å². The normalized spacial score (nSPS) is 7.82. The summed E-state index contributed by atoms with van der Waals surface area (Å²) in [5.41, 5.74) is 0.968. The van der Waals surface area contributed by atoms with Gasteiger partial charge in [-0.1, -0.05) is 12.7 Å². The Morgan fingerprint density at radius 1 is 1.64 bits per heavy atom. The van der Waals surface area contributed by atoms with Gasteiger partial charge < -0.3 is 4.42 Å². The summed E-state index contributed by atoms with van der Waals surface area (Å²) in [6.45, 7) is 10.9. The van der Waals surface area contributed by atoms with Crippen molar-refractivity contribution >= 4 is 5.57 Å². The van der Waals surface area contributed by atoms with E-state index in [1.807, 2.05) is 26.0 Å². The van der Waals surface area contributed by atoms with E-state index >= 15 is 0 Å². The average Bonchev–Trinajstić information content (AvgIpc) is 2.38. The van der Waals surface area contributed by atoms with E-state index in [0.29, 0.717) is 0 Å². The zero-order valence-corrected chi connectivity index (χ0v) is 7.13. The molecule has 0 fully saturated rings. The number of hydrogen-bond acceptors (Lipinski definition) is 1. The maximum absolute atomic E-state index is 5.00. The first-order valence-corrected chi connectivity index (χ1v) is 3.48. The predicted octanol–water partition coefficient (Wildman–Crippen LogP) is 3.51. The standard InChI is InChI=1S/C7H8O.C3H6/c1-6(2)7-4-3-5-8-7;1-3-2/h3-5H,1H2,2H3;3H,1H2,2H3. The molecular formula is C10H14O. The van der Waals surface area contributed by atoms with Crippen LogP contribution in [0.5, 0.6) is 0 Å². The molecule has 0 saturated heterocycles. The van der Waals surface area contributed by atoms with E-state index in [1.54, 1.807) is 12.3 Å². The van der Waals surface area contributed by atoms with Crippen LogP contribution in [0, 0.1) is 0 Å². The minimum atomic E-state index is 0.866. The monoisotopic (exact) mass is 150 g/mol. The zero-order chi connectivity index (χ0) is 8.69. The highest BCUT2D eigenvalue weighted by Gasteiger charge is 1.90. The minimum Gasteiger partial charge on any atom is -0.465 e. The van der Waals surface area contributed by atoms with Gasteiger partial charge >= 0.3 is 0 Å². The quantitative estimate of drug-likeness (QED) is 0.558. The molecule has 1 aromatic rings. The molecule has 0 unspecified atom stereocenters. The van der Waals surface area contributed by atoms with Crippen molar-refractivity contribution in [2.45, 2.75) is 13.8 Å². The van der Waals surface area contributed by atoms with E-state index in [4.69, 9.17) is 4.42 Å². The third kappa shape index (κ3) is 4.20. The van der Waals surface area contributed by atoms with Gasteiger partial charge in [-0.15, -0.1) is 6.58 Å². The Morgan fingerprint density at radius 2 is 2.18 bits per heavy atom. The van der Waals surface area contributed by atoms with Crippen molar-refractivity contribution in [1.82, 2.24) is 0 Å². The van der Waals surface area contributed by atoms with Crippen molar-refractivity contribution in [3.8, 4) is 0 Å². The average molecular weight is 150 g/mol. The van der Waals surface area contributed by atoms with Crippen molar-refractivity contribution in [3.05, 3.63) is 43.4 Å². The van der Waals surface area contributed by atoms with Crippen LogP contribution in [0.2, 0.25) is 0 Å². The smallest absolute Gasteiger partial charge is 0.128 e. The molecule has 0 aliphatic heterocycles. The fourth-order valence-electron chi connectivity index (χ4n) is 0.521. The SMILES string of the molecule is C=C(C)c1ccco1.C=CC. The predicted molar refractivity (Wildman–Crippen MR) is 49.3 cm³/mol. The molecule has 1 heterocycles. The van der Waals surface area contributed by atoms with Crippen LogP contribution in [0.1, 0.15) is 19.6 Å². The van der Waals surface area contributed by atoms with Gasteiger partial charge in [-0.3, -0.25) is 0 Å². The molecule has 0 aliphatic carbocycles. The van der Waals surface area contributed by atoms with Crippen LogP contribution in [-0.4, -0.2) is 0 Å². The van der Waals surface area contributed by atoms with Gasteiger partial charge in [0, 0.05) is 0 Å². The maximum Gasteiger partial charge on any atom is 0.128 e. The van der Waals surface area contributed by atoms with Gasteiger partial charge in [-0.25, -0.2) is 0 Å². The topological polar surface area (TPSA) is 13.1 Å². The zero-order valence-electron chi connectivity index (χ0n) is 7.13. The third-order valence-corrected chi connectivity index (χ3v) is 0.942. The molecule has 0 atom stereocenters. The molecule has 0 N–H and O–H groups in total. The van der Waals surface area contributed by atoms with Gasteiger partial charge in [0.1, 0.15) is 5.76 Å². The van der Waals surface area contributed by atoms with Crippen molar-refractivity contribution in [2.75, 3.05) is 0 Å². The first kappa shape index (κ1) is 9.76. The second-order valence-corrected chi connectivity index (χ2v) is 2.17. The lowest BCUT2D eigenvalue weighted by Gasteiger charge is -1.86. The number of furan rings is 1. The molecule has 0 saturated carbocycles. The summed E-state index contributed by atoms with van der Waals surface area (Å²) in [6, 6.07) is 3.74. The first-order valence-electron chi connectivity index (χ1n) is 3.48. The molecule has 1 rings (SSSR count). The second kappa shape index (κ2) is 5.54. The highest BCUT2D eigenvalue weighted by Crippen LogP contribution is 2.09. The molecule has 1 nitrogen and oxygen atoms in total. The summed E-state index contributed by atoms with van der Waals surface area (Å²) < 4.78 is 5.00. The van der Waals surface area contributed by atoms with Crippen molar-refractivity contribution in [1.29, 1.82) is 0 Å². The molecule has 1 heteroatoms. The van der Waals surface area contributed by atoms with Crippen molar-refractivity contribution in [2.24, 2.45) is 0 Å². The van der Waals surface area contributed by atoms with Gasteiger partial charge in [-0.05, 0) is 31.6 Å². The maximum atomic E-state index is 5.00. The minimum absolute atomic E-state index is 0.866. The molecule has 0 spiro atoms. The Hall–Kier alpha value is -1.24. The van der Waals surface area contributed by atoms with Gasteiger partial charge in [-0.2, -0.15) is 0 Å². The van der Waals surface area contributed by atoms with E-state index in [2.05, 4.69) is 13.2 Å². The summed E-state index contributed by atoms with van der Waals surface area (Å²) >= 11 is 0. The Kier molecular flexibility index (Phi) is 4.91. The van der Waals surface area contributed by atoms with Crippen molar-refractivity contribution < 1.29 is 4.42 Å². The molecule has 60 valence electrons. The Morgan fingerprint density at radius 3 is 2.36 bits per heavy atom. The number of hydrogen-bond donors (Lipinski definition) is 0. The van der Waals surface area contributed by atoms with Crippen LogP contribution in [0.4, 0.5) is 0 Å². The first-order chi connectivity index (χ1) is 5.22. The molecule has 11 heavy (non-hydrogen) atoms. The lowest BCUT2D eigenvalue weighted by atomic mass is 10.3. The van der Waals surface area contributed by atoms with E-state index in [0.717, 1.165) is 11.3 Å². The summed E-state index contributed by atoms with van der Waals surface area (Å²) in [7, 11) is 0. The second-order valence-electron chi connectivity index (χ2n) is 2.17. The lowest BCUT2D eigenvalue weighted by molar-refractivity contribution is 0.553. The molecule has 0 radical (unpaired) electrons. The third-order valence-electron chi connectivity index (χ3n) is 0.942. The molecule has 0 aromatic carbocycles. The Labute approximate surface area is 68.0 Å². The number of rotatable bonds is 1. The highest BCUT2D eigenvalue weighted by molar-refractivity contribution is 5.55. The van der Waals surface area contributed by atoms with Crippen LogP contribution in [0.25, 0.3) is 5.57 Å². The van der Waals surface area contributed by atoms with Crippen LogP contribution in [0.3, 0.4) is 0 Å². The highest BCUT2D eigenvalue weighted by atomic mass is 16.3.